The van der Waals surface area contributed by atoms with Gasteiger partial charge in [-0.1, -0.05) is 11.3 Å². The number of halogens is 1. The van der Waals surface area contributed by atoms with Crippen molar-refractivity contribution in [2.75, 3.05) is 0 Å². The number of nitrogens with zero attached hydrogens (tertiary/aromatic N) is 5. The first-order chi connectivity index (χ1) is 5.84. The van der Waals surface area contributed by atoms with Gasteiger partial charge >= 0.3 is 0 Å². The van der Waals surface area contributed by atoms with E-state index in [1.807, 2.05) is 0 Å². The van der Waals surface area contributed by atoms with Crippen molar-refractivity contribution in [2.45, 2.75) is 6.54 Å². The van der Waals surface area contributed by atoms with Gasteiger partial charge in [0.25, 0.3) is 0 Å². The zero-order valence-corrected chi connectivity index (χ0v) is 8.86. The molecule has 0 saturated carbocycles. The highest BCUT2D eigenvalue weighted by Crippen LogP contribution is 2.11. The van der Waals surface area contributed by atoms with E-state index >= 15 is 0 Å². The summed E-state index contributed by atoms with van der Waals surface area (Å²) in [6.07, 6.45) is 3.17. The van der Waals surface area contributed by atoms with Gasteiger partial charge in [0, 0.05) is 0 Å². The van der Waals surface area contributed by atoms with E-state index in [1.165, 1.54) is 6.33 Å². The largest absolute Gasteiger partial charge is 0.246 e. The molecule has 12 heavy (non-hydrogen) atoms. The van der Waals surface area contributed by atoms with Crippen LogP contribution in [0.5, 0.6) is 0 Å². The monoisotopic (exact) mass is 293 g/mol. The Hall–Kier alpha value is -0.570. The van der Waals surface area contributed by atoms with E-state index in [-0.39, 0.29) is 0 Å². The quantitative estimate of drug-likeness (QED) is 0.768. The molecular weight excluding hydrogens is 289 g/mol. The molecule has 2 aromatic heterocycles. The minimum absolute atomic E-state index is 0.653. The van der Waals surface area contributed by atoms with Gasteiger partial charge in [0.15, 0.2) is 3.01 Å². The van der Waals surface area contributed by atoms with E-state index in [9.17, 15) is 0 Å². The second-order valence-electron chi connectivity index (χ2n) is 2.04. The number of hydrogen-bond acceptors (Lipinski definition) is 5. The van der Waals surface area contributed by atoms with Gasteiger partial charge in [-0.2, -0.15) is 5.10 Å². The Morgan fingerprint density at radius 1 is 1.50 bits per heavy atom. The maximum Gasteiger partial charge on any atom is 0.178 e. The molecule has 0 fully saturated rings. The summed E-state index contributed by atoms with van der Waals surface area (Å²) in [5.74, 6) is 0. The van der Waals surface area contributed by atoms with Crippen LogP contribution in [0.2, 0.25) is 0 Å². The molecule has 5 nitrogen and oxygen atoms in total. The Balaban J connectivity index is 2.14. The molecule has 0 aliphatic heterocycles. The van der Waals surface area contributed by atoms with Crippen molar-refractivity contribution >= 4 is 33.9 Å². The van der Waals surface area contributed by atoms with Crippen LogP contribution < -0.4 is 0 Å². The molecule has 0 aliphatic rings. The highest BCUT2D eigenvalue weighted by Gasteiger charge is 2.01. The summed E-state index contributed by atoms with van der Waals surface area (Å²) in [7, 11) is 0. The summed E-state index contributed by atoms with van der Waals surface area (Å²) in [5, 5.41) is 12.8. The third kappa shape index (κ3) is 1.78. The standard InChI is InChI=1S/C5H4IN5S/c6-5-10-9-4(12-5)1-11-3-7-2-8-11/h2-3H,1H2. The average Bonchev–Trinajstić information content (AvgIpc) is 2.63. The molecule has 0 saturated heterocycles. The molecule has 0 aliphatic carbocycles. The zero-order valence-electron chi connectivity index (χ0n) is 5.88. The van der Waals surface area contributed by atoms with Gasteiger partial charge < -0.3 is 0 Å². The maximum absolute atomic E-state index is 3.96. The normalized spacial score (nSPS) is 10.4. The van der Waals surface area contributed by atoms with Crippen LogP contribution in [0.4, 0.5) is 0 Å². The molecule has 0 N–H and O–H groups in total. The average molecular weight is 293 g/mol. The molecule has 0 aromatic carbocycles. The van der Waals surface area contributed by atoms with E-state index in [0.717, 1.165) is 8.02 Å². The van der Waals surface area contributed by atoms with E-state index in [4.69, 9.17) is 0 Å². The van der Waals surface area contributed by atoms with E-state index in [2.05, 4.69) is 42.9 Å². The van der Waals surface area contributed by atoms with Crippen LogP contribution in [0, 0.1) is 3.01 Å². The lowest BCUT2D eigenvalue weighted by Crippen LogP contribution is -1.99. The third-order valence-electron chi connectivity index (χ3n) is 1.21. The van der Waals surface area contributed by atoms with Gasteiger partial charge in [0.05, 0.1) is 6.54 Å². The van der Waals surface area contributed by atoms with Crippen molar-refractivity contribution in [3.05, 3.63) is 20.7 Å². The minimum atomic E-state index is 0.653. The van der Waals surface area contributed by atoms with Crippen molar-refractivity contribution in [1.82, 2.24) is 25.0 Å². The molecule has 2 heterocycles. The number of aromatic nitrogens is 5. The van der Waals surface area contributed by atoms with Gasteiger partial charge in [-0.15, -0.1) is 10.2 Å². The minimum Gasteiger partial charge on any atom is -0.246 e. The van der Waals surface area contributed by atoms with Crippen molar-refractivity contribution in [3.63, 3.8) is 0 Å². The molecule has 62 valence electrons. The zero-order chi connectivity index (χ0) is 8.39. The second-order valence-corrected chi connectivity index (χ2v) is 4.86. The van der Waals surface area contributed by atoms with Crippen LogP contribution in [0.1, 0.15) is 5.01 Å². The molecule has 0 unspecified atom stereocenters. The molecule has 0 amide bonds. The highest BCUT2D eigenvalue weighted by atomic mass is 127. The fourth-order valence-corrected chi connectivity index (χ4v) is 2.17. The summed E-state index contributed by atoms with van der Waals surface area (Å²) in [6, 6.07) is 0. The lowest BCUT2D eigenvalue weighted by atomic mass is 10.7. The smallest absolute Gasteiger partial charge is 0.178 e. The fourth-order valence-electron chi connectivity index (χ4n) is 0.750. The SMILES string of the molecule is Ic1nnc(Cn2cncn2)s1. The third-order valence-corrected chi connectivity index (χ3v) is 2.78. The Morgan fingerprint density at radius 2 is 2.42 bits per heavy atom. The summed E-state index contributed by atoms with van der Waals surface area (Å²) in [4.78, 5) is 3.83. The molecule has 7 heteroatoms. The van der Waals surface area contributed by atoms with Crippen LogP contribution >= 0.6 is 33.9 Å². The molecule has 0 radical (unpaired) electrons. The molecule has 0 spiro atoms. The van der Waals surface area contributed by atoms with Gasteiger partial charge in [-0.25, -0.2) is 9.67 Å². The van der Waals surface area contributed by atoms with Crippen LogP contribution in [0.25, 0.3) is 0 Å². The molecule has 2 aromatic rings. The molecule has 0 bridgehead atoms. The first-order valence-corrected chi connectivity index (χ1v) is 5.04. The lowest BCUT2D eigenvalue weighted by molar-refractivity contribution is 0.675. The van der Waals surface area contributed by atoms with Gasteiger partial charge in [-0.3, -0.25) is 0 Å². The van der Waals surface area contributed by atoms with Crippen molar-refractivity contribution in [1.29, 1.82) is 0 Å². The first kappa shape index (κ1) is 8.05. The second kappa shape index (κ2) is 3.44. The number of rotatable bonds is 2. The summed E-state index contributed by atoms with van der Waals surface area (Å²) in [6.45, 7) is 0.653. The van der Waals surface area contributed by atoms with Crippen LogP contribution in [-0.4, -0.2) is 25.0 Å². The predicted octanol–water partition coefficient (Wildman–Crippen LogP) is 0.782. The highest BCUT2D eigenvalue weighted by molar-refractivity contribution is 14.1. The molecular formula is C5H4IN5S. The first-order valence-electron chi connectivity index (χ1n) is 3.15. The van der Waals surface area contributed by atoms with Crippen molar-refractivity contribution < 1.29 is 0 Å². The fraction of sp³-hybridized carbons (Fsp3) is 0.200. The summed E-state index contributed by atoms with van der Waals surface area (Å²) in [5.41, 5.74) is 0. The lowest BCUT2D eigenvalue weighted by Gasteiger charge is -1.92. The summed E-state index contributed by atoms with van der Waals surface area (Å²) < 4.78 is 2.67. The topological polar surface area (TPSA) is 56.5 Å². The Morgan fingerprint density at radius 3 is 3.00 bits per heavy atom. The van der Waals surface area contributed by atoms with Crippen molar-refractivity contribution in [3.8, 4) is 0 Å². The van der Waals surface area contributed by atoms with E-state index in [0.29, 0.717) is 6.54 Å². The van der Waals surface area contributed by atoms with Gasteiger partial charge in [-0.05, 0) is 22.6 Å². The van der Waals surface area contributed by atoms with Crippen LogP contribution in [0.15, 0.2) is 12.7 Å². The van der Waals surface area contributed by atoms with Crippen LogP contribution in [-0.2, 0) is 6.54 Å². The Labute approximate surface area is 86.0 Å². The van der Waals surface area contributed by atoms with Crippen LogP contribution in [0.3, 0.4) is 0 Å². The van der Waals surface area contributed by atoms with Gasteiger partial charge in [0.2, 0.25) is 0 Å². The van der Waals surface area contributed by atoms with E-state index in [1.54, 1.807) is 22.3 Å². The molecule has 2 rings (SSSR count). The van der Waals surface area contributed by atoms with Crippen molar-refractivity contribution in [2.24, 2.45) is 0 Å². The number of hydrogen-bond donors (Lipinski definition) is 0. The maximum atomic E-state index is 3.96. The molecule has 0 atom stereocenters. The predicted molar refractivity (Wildman–Crippen MR) is 51.8 cm³/mol. The Bertz CT molecular complexity index is 356. The Kier molecular flexibility index (Phi) is 2.30. The van der Waals surface area contributed by atoms with Gasteiger partial charge in [0.1, 0.15) is 17.7 Å². The van der Waals surface area contributed by atoms with E-state index < -0.39 is 0 Å². The summed E-state index contributed by atoms with van der Waals surface area (Å²) >= 11 is 3.70.